The van der Waals surface area contributed by atoms with Gasteiger partial charge >= 0.3 is 0 Å². The molecule has 158 valence electrons. The number of amides is 1. The topological polar surface area (TPSA) is 61.1 Å². The molecule has 2 aromatic rings. The van der Waals surface area contributed by atoms with Crippen LogP contribution in [0.5, 0.6) is 0 Å². The molecule has 1 aromatic heterocycles. The number of hydrogen-bond donors (Lipinski definition) is 1. The maximum atomic E-state index is 12.4. The number of nitrogens with one attached hydrogen (secondary N) is 1. The van der Waals surface area contributed by atoms with Gasteiger partial charge in [0, 0.05) is 42.9 Å². The standard InChI is InChI=1S/C21H28N4O2S.HI/c1-3-22-21(23-16-17(2)28-18-8-5-4-6-9-18)25-13-11-24(12-14-25)20(26)19-10-7-15-27-19;/h4-10,15,17H,3,11-14,16H2,1-2H3,(H,22,23);1H. The van der Waals surface area contributed by atoms with Crippen molar-refractivity contribution in [3.8, 4) is 0 Å². The Kier molecular flexibility index (Phi) is 9.86. The lowest BCUT2D eigenvalue weighted by Gasteiger charge is -2.36. The molecule has 1 saturated heterocycles. The number of hydrogen-bond acceptors (Lipinski definition) is 4. The molecule has 1 unspecified atom stereocenters. The van der Waals surface area contributed by atoms with Gasteiger partial charge in [0.2, 0.25) is 0 Å². The van der Waals surface area contributed by atoms with Gasteiger partial charge in [-0.15, -0.1) is 35.7 Å². The van der Waals surface area contributed by atoms with Crippen LogP contribution in [0.25, 0.3) is 0 Å². The number of guanidine groups is 1. The highest BCUT2D eigenvalue weighted by atomic mass is 127. The summed E-state index contributed by atoms with van der Waals surface area (Å²) in [5.74, 6) is 1.29. The molecule has 0 spiro atoms. The van der Waals surface area contributed by atoms with Crippen molar-refractivity contribution in [1.82, 2.24) is 15.1 Å². The van der Waals surface area contributed by atoms with E-state index in [-0.39, 0.29) is 29.9 Å². The van der Waals surface area contributed by atoms with Gasteiger partial charge in [0.1, 0.15) is 0 Å². The first kappa shape index (κ1) is 23.6. The van der Waals surface area contributed by atoms with Crippen molar-refractivity contribution in [2.75, 3.05) is 39.3 Å². The molecule has 29 heavy (non-hydrogen) atoms. The van der Waals surface area contributed by atoms with E-state index in [0.29, 0.717) is 24.1 Å². The highest BCUT2D eigenvalue weighted by Crippen LogP contribution is 2.22. The lowest BCUT2D eigenvalue weighted by molar-refractivity contribution is 0.0657. The molecule has 1 aromatic carbocycles. The average Bonchev–Trinajstić information content (AvgIpc) is 3.26. The molecule has 1 fully saturated rings. The van der Waals surface area contributed by atoms with Crippen LogP contribution < -0.4 is 5.32 Å². The van der Waals surface area contributed by atoms with Crippen LogP contribution in [-0.2, 0) is 0 Å². The fourth-order valence-corrected chi connectivity index (χ4v) is 4.01. The van der Waals surface area contributed by atoms with Gasteiger partial charge < -0.3 is 19.5 Å². The fraction of sp³-hybridized carbons (Fsp3) is 0.429. The Morgan fingerprint density at radius 1 is 1.14 bits per heavy atom. The van der Waals surface area contributed by atoms with E-state index in [1.165, 1.54) is 11.2 Å². The van der Waals surface area contributed by atoms with E-state index in [4.69, 9.17) is 9.41 Å². The summed E-state index contributed by atoms with van der Waals surface area (Å²) in [6.45, 7) is 8.70. The Morgan fingerprint density at radius 3 is 2.45 bits per heavy atom. The summed E-state index contributed by atoms with van der Waals surface area (Å²) in [5, 5.41) is 3.77. The number of rotatable bonds is 6. The predicted octanol–water partition coefficient (Wildman–Crippen LogP) is 3.80. The van der Waals surface area contributed by atoms with Crippen molar-refractivity contribution in [2.24, 2.45) is 4.99 Å². The van der Waals surface area contributed by atoms with E-state index in [2.05, 4.69) is 48.3 Å². The highest BCUT2D eigenvalue weighted by molar-refractivity contribution is 14.0. The summed E-state index contributed by atoms with van der Waals surface area (Å²) in [5.41, 5.74) is 0. The maximum Gasteiger partial charge on any atom is 0.289 e. The van der Waals surface area contributed by atoms with Gasteiger partial charge in [-0.2, -0.15) is 0 Å². The lowest BCUT2D eigenvalue weighted by atomic mass is 10.3. The number of carbonyl (C=O) groups is 1. The number of furan rings is 1. The predicted molar refractivity (Wildman–Crippen MR) is 129 cm³/mol. The normalized spacial score (nSPS) is 15.6. The average molecular weight is 528 g/mol. The van der Waals surface area contributed by atoms with Crippen LogP contribution in [0.3, 0.4) is 0 Å². The van der Waals surface area contributed by atoms with Crippen LogP contribution in [-0.4, -0.2) is 66.2 Å². The molecule has 1 amide bonds. The van der Waals surface area contributed by atoms with Crippen molar-refractivity contribution in [3.63, 3.8) is 0 Å². The maximum absolute atomic E-state index is 12.4. The number of piperazine rings is 1. The molecule has 1 atom stereocenters. The minimum absolute atomic E-state index is 0. The van der Waals surface area contributed by atoms with E-state index < -0.39 is 0 Å². The third kappa shape index (κ3) is 6.95. The summed E-state index contributed by atoms with van der Waals surface area (Å²) in [4.78, 5) is 22.6. The Balaban J connectivity index is 0.00000300. The SMILES string of the molecule is CCNC(=NCC(C)Sc1ccccc1)N1CCN(C(=O)c2ccco2)CC1.I. The third-order valence-corrected chi connectivity index (χ3v) is 5.61. The van der Waals surface area contributed by atoms with Gasteiger partial charge in [0.25, 0.3) is 5.91 Å². The van der Waals surface area contributed by atoms with Crippen LogP contribution in [0, 0.1) is 0 Å². The van der Waals surface area contributed by atoms with Crippen molar-refractivity contribution in [3.05, 3.63) is 54.5 Å². The van der Waals surface area contributed by atoms with E-state index in [1.54, 1.807) is 12.1 Å². The molecule has 2 heterocycles. The molecule has 3 rings (SSSR count). The smallest absolute Gasteiger partial charge is 0.289 e. The summed E-state index contributed by atoms with van der Waals surface area (Å²) in [6, 6.07) is 13.9. The van der Waals surface area contributed by atoms with Gasteiger partial charge in [-0.1, -0.05) is 25.1 Å². The molecular weight excluding hydrogens is 499 g/mol. The third-order valence-electron chi connectivity index (χ3n) is 4.51. The number of carbonyl (C=O) groups excluding carboxylic acids is 1. The Hall–Kier alpha value is -1.68. The van der Waals surface area contributed by atoms with E-state index in [0.717, 1.165) is 32.1 Å². The van der Waals surface area contributed by atoms with E-state index in [9.17, 15) is 4.79 Å². The minimum atomic E-state index is -0.0422. The highest BCUT2D eigenvalue weighted by Gasteiger charge is 2.25. The first-order valence-corrected chi connectivity index (χ1v) is 10.6. The largest absolute Gasteiger partial charge is 0.459 e. The van der Waals surface area contributed by atoms with Gasteiger partial charge in [-0.05, 0) is 31.2 Å². The molecule has 0 radical (unpaired) electrons. The fourth-order valence-electron chi connectivity index (χ4n) is 3.09. The zero-order valence-corrected chi connectivity index (χ0v) is 20.1. The van der Waals surface area contributed by atoms with Gasteiger partial charge in [0.05, 0.1) is 12.8 Å². The Morgan fingerprint density at radius 2 is 1.83 bits per heavy atom. The quantitative estimate of drug-likeness (QED) is 0.268. The summed E-state index contributed by atoms with van der Waals surface area (Å²) >= 11 is 1.84. The van der Waals surface area contributed by atoms with Crippen molar-refractivity contribution >= 4 is 47.6 Å². The van der Waals surface area contributed by atoms with Crippen molar-refractivity contribution < 1.29 is 9.21 Å². The first-order chi connectivity index (χ1) is 13.7. The number of nitrogens with zero attached hydrogens (tertiary/aromatic N) is 3. The summed E-state index contributed by atoms with van der Waals surface area (Å²) in [7, 11) is 0. The van der Waals surface area contributed by atoms with Crippen molar-refractivity contribution in [2.45, 2.75) is 24.0 Å². The Labute approximate surface area is 194 Å². The second kappa shape index (κ2) is 12.1. The van der Waals surface area contributed by atoms with E-state index in [1.807, 2.05) is 22.7 Å². The lowest BCUT2D eigenvalue weighted by Crippen LogP contribution is -2.53. The zero-order valence-electron chi connectivity index (χ0n) is 16.9. The number of benzene rings is 1. The molecule has 1 aliphatic rings. The van der Waals surface area contributed by atoms with Crippen molar-refractivity contribution in [1.29, 1.82) is 0 Å². The summed E-state index contributed by atoms with van der Waals surface area (Å²) < 4.78 is 5.23. The second-order valence-corrected chi connectivity index (χ2v) is 8.20. The first-order valence-electron chi connectivity index (χ1n) is 9.75. The number of halogens is 1. The van der Waals surface area contributed by atoms with Crippen LogP contribution >= 0.6 is 35.7 Å². The molecule has 0 bridgehead atoms. The van der Waals surface area contributed by atoms with Crippen LogP contribution in [0.2, 0.25) is 0 Å². The Bertz CT molecular complexity index is 762. The van der Waals surface area contributed by atoms with E-state index >= 15 is 0 Å². The minimum Gasteiger partial charge on any atom is -0.459 e. The van der Waals surface area contributed by atoms with Crippen LogP contribution in [0.1, 0.15) is 24.4 Å². The molecule has 1 aliphatic heterocycles. The van der Waals surface area contributed by atoms with Crippen LogP contribution in [0.4, 0.5) is 0 Å². The van der Waals surface area contributed by atoms with Gasteiger partial charge in [-0.3, -0.25) is 9.79 Å². The second-order valence-electron chi connectivity index (χ2n) is 6.69. The monoisotopic (exact) mass is 528 g/mol. The number of aliphatic imine (C=N–C) groups is 1. The zero-order chi connectivity index (χ0) is 19.8. The molecular formula is C21H29IN4O2S. The summed E-state index contributed by atoms with van der Waals surface area (Å²) in [6.07, 6.45) is 1.54. The molecule has 6 nitrogen and oxygen atoms in total. The van der Waals surface area contributed by atoms with Gasteiger partial charge in [-0.25, -0.2) is 0 Å². The molecule has 1 N–H and O–H groups in total. The van der Waals surface area contributed by atoms with Crippen LogP contribution in [0.15, 0.2) is 63.0 Å². The molecule has 8 heteroatoms. The molecule has 0 aliphatic carbocycles. The number of thioether (sulfide) groups is 1. The molecule has 0 saturated carbocycles. The van der Waals surface area contributed by atoms with Gasteiger partial charge in [0.15, 0.2) is 11.7 Å².